The third-order valence-electron chi connectivity index (χ3n) is 2.99. The van der Waals surface area contributed by atoms with Crippen molar-refractivity contribution in [1.29, 1.82) is 0 Å². The van der Waals surface area contributed by atoms with Gasteiger partial charge in [0.15, 0.2) is 0 Å². The molecular weight excluding hydrogens is 405 g/mol. The first-order valence-electron chi connectivity index (χ1n) is 6.07. The van der Waals surface area contributed by atoms with E-state index in [0.29, 0.717) is 12.0 Å². The third-order valence-corrected chi connectivity index (χ3v) is 5.36. The molecule has 5 heteroatoms. The number of nitrogens with zero attached hydrogens (tertiary/aromatic N) is 1. The van der Waals surface area contributed by atoms with Crippen molar-refractivity contribution in [3.05, 3.63) is 63.3 Å². The van der Waals surface area contributed by atoms with Crippen LogP contribution in [0, 0.1) is 5.82 Å². The fourth-order valence-electron chi connectivity index (χ4n) is 2.03. The zero-order valence-electron chi connectivity index (χ0n) is 10.3. The van der Waals surface area contributed by atoms with Crippen molar-refractivity contribution < 1.29 is 4.39 Å². The van der Waals surface area contributed by atoms with Crippen molar-refractivity contribution in [2.75, 3.05) is 0 Å². The van der Waals surface area contributed by atoms with E-state index in [1.807, 2.05) is 24.3 Å². The normalized spacial score (nSPS) is 12.8. The molecule has 0 spiro atoms. The Morgan fingerprint density at radius 1 is 1.20 bits per heavy atom. The van der Waals surface area contributed by atoms with E-state index in [-0.39, 0.29) is 10.6 Å². The molecule has 0 aliphatic carbocycles. The Labute approximate surface area is 137 Å². The van der Waals surface area contributed by atoms with Crippen LogP contribution in [-0.4, -0.2) is 4.98 Å². The molecule has 0 aliphatic heterocycles. The molecular formula is C15H10Br2FNS. The van der Waals surface area contributed by atoms with Gasteiger partial charge < -0.3 is 0 Å². The molecule has 3 rings (SSSR count). The number of thiazole rings is 1. The number of aromatic nitrogens is 1. The summed E-state index contributed by atoms with van der Waals surface area (Å²) in [5, 5.41) is 1.01. The summed E-state index contributed by atoms with van der Waals surface area (Å²) in [7, 11) is 0. The number of rotatable bonds is 3. The smallest absolute Gasteiger partial charge is 0.127 e. The average Bonchev–Trinajstić information content (AvgIpc) is 2.83. The van der Waals surface area contributed by atoms with Crippen LogP contribution in [0.1, 0.15) is 15.4 Å². The second-order valence-electron chi connectivity index (χ2n) is 4.41. The maximum absolute atomic E-state index is 13.9. The Morgan fingerprint density at radius 3 is 2.80 bits per heavy atom. The van der Waals surface area contributed by atoms with Gasteiger partial charge in [0, 0.05) is 21.3 Å². The van der Waals surface area contributed by atoms with E-state index in [9.17, 15) is 4.39 Å². The zero-order chi connectivity index (χ0) is 14.1. The lowest BCUT2D eigenvalue weighted by atomic mass is 10.1. The largest absolute Gasteiger partial charge is 0.241 e. The van der Waals surface area contributed by atoms with Crippen LogP contribution in [0.25, 0.3) is 10.2 Å². The fraction of sp³-hybridized carbons (Fsp3) is 0.133. The highest BCUT2D eigenvalue weighted by atomic mass is 79.9. The summed E-state index contributed by atoms with van der Waals surface area (Å²) in [5.74, 6) is -0.198. The Morgan fingerprint density at radius 2 is 2.00 bits per heavy atom. The number of fused-ring (bicyclic) bond motifs is 1. The monoisotopic (exact) mass is 413 g/mol. The van der Waals surface area contributed by atoms with Gasteiger partial charge in [-0.2, -0.15) is 0 Å². The Balaban J connectivity index is 1.88. The molecule has 1 heterocycles. The lowest BCUT2D eigenvalue weighted by Gasteiger charge is -2.10. The Hall–Kier alpha value is -0.780. The molecule has 0 amide bonds. The molecule has 2 aromatic carbocycles. The Bertz CT molecular complexity index is 723. The SMILES string of the molecule is Fc1ccc(Br)cc1C(Br)Cc1nc2ccccc2s1. The van der Waals surface area contributed by atoms with Crippen LogP contribution in [0.4, 0.5) is 4.39 Å². The number of alkyl halides is 1. The van der Waals surface area contributed by atoms with Crippen LogP contribution < -0.4 is 0 Å². The minimum Gasteiger partial charge on any atom is -0.241 e. The van der Waals surface area contributed by atoms with Gasteiger partial charge in [0.2, 0.25) is 0 Å². The van der Waals surface area contributed by atoms with Gasteiger partial charge in [-0.05, 0) is 30.3 Å². The molecule has 1 nitrogen and oxygen atoms in total. The highest BCUT2D eigenvalue weighted by Gasteiger charge is 2.16. The quantitative estimate of drug-likeness (QED) is 0.488. The lowest BCUT2D eigenvalue weighted by molar-refractivity contribution is 0.607. The van der Waals surface area contributed by atoms with Crippen molar-refractivity contribution >= 4 is 53.4 Å². The van der Waals surface area contributed by atoms with Crippen molar-refractivity contribution in [2.24, 2.45) is 0 Å². The summed E-state index contributed by atoms with van der Waals surface area (Å²) in [6.07, 6.45) is 0.673. The predicted octanol–water partition coefficient (Wildman–Crippen LogP) is 5.88. The molecule has 0 aliphatic rings. The van der Waals surface area contributed by atoms with Crippen LogP contribution in [0.3, 0.4) is 0 Å². The summed E-state index contributed by atoms with van der Waals surface area (Å²) in [5.41, 5.74) is 1.65. The van der Waals surface area contributed by atoms with Crippen molar-refractivity contribution in [1.82, 2.24) is 4.98 Å². The molecule has 0 saturated carbocycles. The molecule has 3 aromatic rings. The van der Waals surface area contributed by atoms with Crippen molar-refractivity contribution in [3.63, 3.8) is 0 Å². The maximum atomic E-state index is 13.9. The van der Waals surface area contributed by atoms with Crippen LogP contribution in [0.5, 0.6) is 0 Å². The third kappa shape index (κ3) is 2.95. The van der Waals surface area contributed by atoms with Gasteiger partial charge in [-0.3, -0.25) is 0 Å². The van der Waals surface area contributed by atoms with E-state index in [0.717, 1.165) is 19.7 Å². The fourth-order valence-corrected chi connectivity index (χ4v) is 4.29. The molecule has 0 fully saturated rings. The zero-order valence-corrected chi connectivity index (χ0v) is 14.3. The number of para-hydroxylation sites is 1. The average molecular weight is 415 g/mol. The molecule has 1 atom stereocenters. The van der Waals surface area contributed by atoms with Crippen LogP contribution in [-0.2, 0) is 6.42 Å². The first kappa shape index (κ1) is 14.2. The van der Waals surface area contributed by atoms with Crippen molar-refractivity contribution in [3.8, 4) is 0 Å². The number of hydrogen-bond acceptors (Lipinski definition) is 2. The molecule has 1 unspecified atom stereocenters. The molecule has 0 saturated heterocycles. The standard InChI is InChI=1S/C15H10Br2FNS/c16-9-5-6-12(18)10(7-9)11(17)8-15-19-13-3-1-2-4-14(13)20-15/h1-7,11H,8H2. The first-order chi connectivity index (χ1) is 9.63. The van der Waals surface area contributed by atoms with Crippen LogP contribution >= 0.6 is 43.2 Å². The van der Waals surface area contributed by atoms with E-state index in [2.05, 4.69) is 42.9 Å². The summed E-state index contributed by atoms with van der Waals surface area (Å²) >= 11 is 8.60. The molecule has 102 valence electrons. The Kier molecular flexibility index (Phi) is 4.19. The number of benzene rings is 2. The van der Waals surface area contributed by atoms with Gasteiger partial charge in [0.25, 0.3) is 0 Å². The minimum absolute atomic E-state index is 0.0828. The van der Waals surface area contributed by atoms with Gasteiger partial charge in [-0.1, -0.05) is 44.0 Å². The second-order valence-corrected chi connectivity index (χ2v) is 7.55. The van der Waals surface area contributed by atoms with E-state index >= 15 is 0 Å². The van der Waals surface area contributed by atoms with E-state index in [4.69, 9.17) is 0 Å². The van der Waals surface area contributed by atoms with E-state index in [1.165, 1.54) is 6.07 Å². The van der Waals surface area contributed by atoms with Crippen LogP contribution in [0.15, 0.2) is 46.9 Å². The maximum Gasteiger partial charge on any atom is 0.127 e. The summed E-state index contributed by atoms with van der Waals surface area (Å²) in [6.45, 7) is 0. The van der Waals surface area contributed by atoms with E-state index in [1.54, 1.807) is 17.4 Å². The number of halogens is 3. The summed E-state index contributed by atoms with van der Waals surface area (Å²) in [4.78, 5) is 4.50. The van der Waals surface area contributed by atoms with Gasteiger partial charge in [-0.15, -0.1) is 11.3 Å². The highest BCUT2D eigenvalue weighted by Crippen LogP contribution is 2.33. The first-order valence-corrected chi connectivity index (χ1v) is 8.59. The predicted molar refractivity (Wildman–Crippen MR) is 89.1 cm³/mol. The van der Waals surface area contributed by atoms with E-state index < -0.39 is 0 Å². The molecule has 20 heavy (non-hydrogen) atoms. The lowest BCUT2D eigenvalue weighted by Crippen LogP contribution is -1.98. The summed E-state index contributed by atoms with van der Waals surface area (Å²) < 4.78 is 15.9. The number of hydrogen-bond donors (Lipinski definition) is 0. The van der Waals surface area contributed by atoms with Crippen molar-refractivity contribution in [2.45, 2.75) is 11.2 Å². The van der Waals surface area contributed by atoms with Crippen LogP contribution in [0.2, 0.25) is 0 Å². The van der Waals surface area contributed by atoms with Gasteiger partial charge >= 0.3 is 0 Å². The van der Waals surface area contributed by atoms with Gasteiger partial charge in [0.05, 0.1) is 15.2 Å². The van der Waals surface area contributed by atoms with Gasteiger partial charge in [0.1, 0.15) is 5.82 Å². The molecule has 0 bridgehead atoms. The topological polar surface area (TPSA) is 12.9 Å². The second kappa shape index (κ2) is 5.92. The summed E-state index contributed by atoms with van der Waals surface area (Å²) in [6, 6.07) is 13.0. The molecule has 0 N–H and O–H groups in total. The molecule has 1 aromatic heterocycles. The molecule has 0 radical (unpaired) electrons. The minimum atomic E-state index is -0.198. The van der Waals surface area contributed by atoms with Gasteiger partial charge in [-0.25, -0.2) is 9.37 Å². The highest BCUT2D eigenvalue weighted by molar-refractivity contribution is 9.10.